The summed E-state index contributed by atoms with van der Waals surface area (Å²) in [5.41, 5.74) is 0.764. The van der Waals surface area contributed by atoms with Crippen molar-refractivity contribution in [3.8, 4) is 5.88 Å². The summed E-state index contributed by atoms with van der Waals surface area (Å²) in [6.45, 7) is 0.189. The third-order valence-electron chi connectivity index (χ3n) is 2.53. The number of nitrogens with zero attached hydrogens (tertiary/aromatic N) is 1. The zero-order chi connectivity index (χ0) is 13.7. The summed E-state index contributed by atoms with van der Waals surface area (Å²) >= 11 is 0. The van der Waals surface area contributed by atoms with Crippen molar-refractivity contribution in [2.24, 2.45) is 0 Å². The van der Waals surface area contributed by atoms with Crippen LogP contribution in [0.4, 0.5) is 0 Å². The largest absolute Gasteiger partial charge is 0.481 e. The molecule has 0 saturated heterocycles. The zero-order valence-corrected chi connectivity index (χ0v) is 11.2. The number of hydrogen-bond acceptors (Lipinski definition) is 4. The van der Waals surface area contributed by atoms with Crippen LogP contribution in [0.1, 0.15) is 5.56 Å². The van der Waals surface area contributed by atoms with Crippen molar-refractivity contribution in [1.82, 2.24) is 9.71 Å². The predicted octanol–water partition coefficient (Wildman–Crippen LogP) is 1.57. The highest BCUT2D eigenvalue weighted by atomic mass is 32.2. The number of benzene rings is 1. The molecule has 1 heterocycles. The lowest BCUT2D eigenvalue weighted by Crippen LogP contribution is -2.23. The predicted molar refractivity (Wildman–Crippen MR) is 71.3 cm³/mol. The molecular weight excluding hydrogens is 264 g/mol. The monoisotopic (exact) mass is 278 g/mol. The molecule has 19 heavy (non-hydrogen) atoms. The molecule has 0 atom stereocenters. The van der Waals surface area contributed by atoms with E-state index >= 15 is 0 Å². The molecule has 0 radical (unpaired) electrons. The highest BCUT2D eigenvalue weighted by Gasteiger charge is 2.12. The fourth-order valence-electron chi connectivity index (χ4n) is 1.50. The van der Waals surface area contributed by atoms with E-state index in [-0.39, 0.29) is 11.4 Å². The molecule has 0 saturated carbocycles. The van der Waals surface area contributed by atoms with Crippen molar-refractivity contribution >= 4 is 10.0 Å². The van der Waals surface area contributed by atoms with Crippen molar-refractivity contribution in [2.75, 3.05) is 7.11 Å². The van der Waals surface area contributed by atoms with E-state index in [1.165, 1.54) is 7.11 Å². The summed E-state index contributed by atoms with van der Waals surface area (Å²) in [7, 11) is -1.96. The van der Waals surface area contributed by atoms with Gasteiger partial charge in [0, 0.05) is 18.8 Å². The van der Waals surface area contributed by atoms with Crippen LogP contribution in [0.15, 0.2) is 53.6 Å². The molecule has 1 N–H and O–H groups in total. The first-order valence-corrected chi connectivity index (χ1v) is 7.14. The number of hydrogen-bond donors (Lipinski definition) is 1. The summed E-state index contributed by atoms with van der Waals surface area (Å²) < 4.78 is 31.4. The third kappa shape index (κ3) is 3.52. The highest BCUT2D eigenvalue weighted by molar-refractivity contribution is 7.89. The van der Waals surface area contributed by atoms with E-state index < -0.39 is 10.0 Å². The van der Waals surface area contributed by atoms with Gasteiger partial charge in [-0.05, 0) is 17.7 Å². The quantitative estimate of drug-likeness (QED) is 0.901. The second-order valence-corrected chi connectivity index (χ2v) is 5.61. The number of rotatable bonds is 5. The van der Waals surface area contributed by atoms with Crippen molar-refractivity contribution in [3.05, 3.63) is 54.2 Å². The maximum absolute atomic E-state index is 12.0. The molecule has 2 aromatic rings. The minimum atomic E-state index is -3.48. The maximum Gasteiger partial charge on any atom is 0.240 e. The number of sulfonamides is 1. The van der Waals surface area contributed by atoms with Gasteiger partial charge < -0.3 is 4.74 Å². The molecule has 2 rings (SSSR count). The first-order valence-electron chi connectivity index (χ1n) is 5.65. The Labute approximate surface area is 112 Å². The van der Waals surface area contributed by atoms with E-state index in [2.05, 4.69) is 9.71 Å². The fraction of sp³-hybridized carbons (Fsp3) is 0.154. The van der Waals surface area contributed by atoms with Gasteiger partial charge >= 0.3 is 0 Å². The van der Waals surface area contributed by atoms with Crippen LogP contribution >= 0.6 is 0 Å². The lowest BCUT2D eigenvalue weighted by Gasteiger charge is -2.07. The molecule has 0 fully saturated rings. The van der Waals surface area contributed by atoms with E-state index in [0.717, 1.165) is 5.56 Å². The third-order valence-corrected chi connectivity index (χ3v) is 3.94. The van der Waals surface area contributed by atoms with Crippen LogP contribution in [0.25, 0.3) is 0 Å². The first-order chi connectivity index (χ1) is 9.12. The van der Waals surface area contributed by atoms with Crippen molar-refractivity contribution < 1.29 is 13.2 Å². The maximum atomic E-state index is 12.0. The van der Waals surface area contributed by atoms with Crippen LogP contribution < -0.4 is 9.46 Å². The van der Waals surface area contributed by atoms with Crippen LogP contribution in [-0.2, 0) is 16.6 Å². The number of aromatic nitrogens is 1. The SMILES string of the molecule is COc1ccc(CNS(=O)(=O)c2ccccc2)cn1. The van der Waals surface area contributed by atoms with Gasteiger partial charge in [0.2, 0.25) is 15.9 Å². The summed E-state index contributed by atoms with van der Waals surface area (Å²) in [5.74, 6) is 0.495. The Kier molecular flexibility index (Phi) is 4.13. The Bertz CT molecular complexity index is 625. The van der Waals surface area contributed by atoms with E-state index in [9.17, 15) is 8.42 Å². The molecule has 0 aliphatic carbocycles. The lowest BCUT2D eigenvalue weighted by atomic mass is 10.3. The summed E-state index contributed by atoms with van der Waals surface area (Å²) in [4.78, 5) is 4.26. The van der Waals surface area contributed by atoms with Gasteiger partial charge in [-0.25, -0.2) is 18.1 Å². The normalized spacial score (nSPS) is 11.2. The van der Waals surface area contributed by atoms with Gasteiger partial charge in [0.15, 0.2) is 0 Å². The van der Waals surface area contributed by atoms with Gasteiger partial charge in [0.05, 0.1) is 12.0 Å². The molecule has 100 valence electrons. The molecule has 5 nitrogen and oxygen atoms in total. The Morgan fingerprint density at radius 3 is 2.47 bits per heavy atom. The molecule has 0 amide bonds. The topological polar surface area (TPSA) is 68.3 Å². The van der Waals surface area contributed by atoms with Crippen LogP contribution in [0.3, 0.4) is 0 Å². The minimum absolute atomic E-state index is 0.189. The molecular formula is C13H14N2O3S. The molecule has 0 unspecified atom stereocenters. The Morgan fingerprint density at radius 1 is 1.16 bits per heavy atom. The van der Waals surface area contributed by atoms with Crippen LogP contribution in [-0.4, -0.2) is 20.5 Å². The summed E-state index contributed by atoms with van der Waals surface area (Å²) in [5, 5.41) is 0. The van der Waals surface area contributed by atoms with Crippen molar-refractivity contribution in [1.29, 1.82) is 0 Å². The van der Waals surface area contributed by atoms with Gasteiger partial charge in [0.1, 0.15) is 0 Å². The molecule has 1 aromatic heterocycles. The number of nitrogens with one attached hydrogen (secondary N) is 1. The first kappa shape index (κ1) is 13.5. The zero-order valence-electron chi connectivity index (χ0n) is 10.4. The van der Waals surface area contributed by atoms with Gasteiger partial charge in [-0.15, -0.1) is 0 Å². The van der Waals surface area contributed by atoms with Gasteiger partial charge in [0.25, 0.3) is 0 Å². The van der Waals surface area contributed by atoms with E-state index in [0.29, 0.717) is 5.88 Å². The van der Waals surface area contributed by atoms with Crippen molar-refractivity contribution in [2.45, 2.75) is 11.4 Å². The molecule has 0 spiro atoms. The second kappa shape index (κ2) is 5.81. The Hall–Kier alpha value is -1.92. The Balaban J connectivity index is 2.05. The smallest absolute Gasteiger partial charge is 0.240 e. The fourth-order valence-corrected chi connectivity index (χ4v) is 2.54. The summed E-state index contributed by atoms with van der Waals surface area (Å²) in [6.07, 6.45) is 1.58. The molecule has 1 aromatic carbocycles. The van der Waals surface area contributed by atoms with Gasteiger partial charge in [-0.2, -0.15) is 0 Å². The van der Waals surface area contributed by atoms with E-state index in [4.69, 9.17) is 4.74 Å². The van der Waals surface area contributed by atoms with Crippen LogP contribution in [0, 0.1) is 0 Å². The average Bonchev–Trinajstić information content (AvgIpc) is 2.47. The number of ether oxygens (including phenoxy) is 1. The molecule has 0 aliphatic heterocycles. The molecule has 6 heteroatoms. The average molecular weight is 278 g/mol. The summed E-state index contributed by atoms with van der Waals surface area (Å²) in [6, 6.07) is 11.7. The van der Waals surface area contributed by atoms with Crippen LogP contribution in [0.2, 0.25) is 0 Å². The van der Waals surface area contributed by atoms with E-state index in [1.807, 2.05) is 0 Å². The van der Waals surface area contributed by atoms with Crippen molar-refractivity contribution in [3.63, 3.8) is 0 Å². The molecule has 0 bridgehead atoms. The lowest BCUT2D eigenvalue weighted by molar-refractivity contribution is 0.397. The van der Waals surface area contributed by atoms with Gasteiger partial charge in [-0.3, -0.25) is 0 Å². The highest BCUT2D eigenvalue weighted by Crippen LogP contribution is 2.10. The van der Waals surface area contributed by atoms with Gasteiger partial charge in [-0.1, -0.05) is 24.3 Å². The minimum Gasteiger partial charge on any atom is -0.481 e. The van der Waals surface area contributed by atoms with Crippen LogP contribution in [0.5, 0.6) is 5.88 Å². The standard InChI is InChI=1S/C13H14N2O3S/c1-18-13-8-7-11(9-14-13)10-15-19(16,17)12-5-3-2-4-6-12/h2-9,15H,10H2,1H3. The van der Waals surface area contributed by atoms with E-state index in [1.54, 1.807) is 48.7 Å². The molecule has 0 aliphatic rings. The second-order valence-electron chi connectivity index (χ2n) is 3.85. The Morgan fingerprint density at radius 2 is 1.89 bits per heavy atom. The number of pyridine rings is 1. The number of methoxy groups -OCH3 is 1.